The molecule has 4 fully saturated rings. The van der Waals surface area contributed by atoms with Crippen molar-refractivity contribution in [2.75, 3.05) is 53.4 Å². The van der Waals surface area contributed by atoms with Crippen molar-refractivity contribution in [1.29, 1.82) is 0 Å². The van der Waals surface area contributed by atoms with Gasteiger partial charge in [0, 0.05) is 65.3 Å². The van der Waals surface area contributed by atoms with Crippen LogP contribution in [-0.4, -0.2) is 124 Å². The number of rotatable bonds is 8. The zero-order valence-electron chi connectivity index (χ0n) is 28.6. The van der Waals surface area contributed by atoms with E-state index in [9.17, 15) is 9.18 Å². The lowest BCUT2D eigenvalue weighted by molar-refractivity contribution is -0.405. The van der Waals surface area contributed by atoms with Gasteiger partial charge in [0.05, 0.1) is 31.3 Å². The van der Waals surface area contributed by atoms with E-state index in [2.05, 4.69) is 19.8 Å². The van der Waals surface area contributed by atoms with Crippen LogP contribution in [0, 0.1) is 11.7 Å². The summed E-state index contributed by atoms with van der Waals surface area (Å²) in [6, 6.07) is 11.1. The number of pyridine rings is 1. The van der Waals surface area contributed by atoms with Gasteiger partial charge in [-0.3, -0.25) is 19.6 Å². The van der Waals surface area contributed by atoms with Gasteiger partial charge in [0.2, 0.25) is 5.91 Å². The molecular weight excluding hydrogens is 679 g/mol. The van der Waals surface area contributed by atoms with E-state index < -0.39 is 29.6 Å². The van der Waals surface area contributed by atoms with E-state index in [-0.39, 0.29) is 54.7 Å². The molecule has 1 unspecified atom stereocenters. The first-order valence-corrected chi connectivity index (χ1v) is 17.9. The van der Waals surface area contributed by atoms with Gasteiger partial charge in [-0.2, -0.15) is 4.98 Å². The highest BCUT2D eigenvalue weighted by Gasteiger charge is 2.49. The standard InChI is InChI=1S/C38H40ClF3N7O2/c1-46-15-12-26(46)10-11-31(50)48-19-24(30(41)21-48)18-47(2)36-28-17-43-34(27-8-3-6-23-7-4-9-29(39)32(23)27)33(42)35(28)44-37(45-36)51-22-38-13-5-14-49(38)20-25(40)16-38/h3-4,6-11,17-18,24-26,30H,5,12-16,19-22H2,1-2H3/q+1/b11-10+,47-18-/t24?,25-,26+,30-,38+/m1/s1. The number of alkyl halides is 2. The second-order valence-corrected chi connectivity index (χ2v) is 14.8. The molecule has 0 saturated carbocycles. The third-order valence-electron chi connectivity index (χ3n) is 11.1. The molecule has 4 aliphatic rings. The smallest absolute Gasteiger partial charge is 0.434 e. The summed E-state index contributed by atoms with van der Waals surface area (Å²) in [6.45, 7) is 2.45. The van der Waals surface area contributed by atoms with Crippen LogP contribution in [0.4, 0.5) is 19.0 Å². The van der Waals surface area contributed by atoms with Crippen LogP contribution in [0.25, 0.3) is 32.9 Å². The van der Waals surface area contributed by atoms with Gasteiger partial charge < -0.3 is 9.64 Å². The number of aromatic nitrogens is 3. The van der Waals surface area contributed by atoms with Gasteiger partial charge in [-0.05, 0) is 44.3 Å². The van der Waals surface area contributed by atoms with E-state index in [1.54, 1.807) is 30.0 Å². The van der Waals surface area contributed by atoms with Crippen LogP contribution in [0.2, 0.25) is 5.02 Å². The maximum atomic E-state index is 16.8. The number of amides is 1. The van der Waals surface area contributed by atoms with Crippen molar-refractivity contribution in [3.63, 3.8) is 0 Å². The summed E-state index contributed by atoms with van der Waals surface area (Å²) in [5, 5.41) is 2.26. The van der Waals surface area contributed by atoms with Crippen LogP contribution in [0.3, 0.4) is 0 Å². The van der Waals surface area contributed by atoms with E-state index in [1.807, 2.05) is 37.4 Å². The first-order chi connectivity index (χ1) is 24.6. The highest BCUT2D eigenvalue weighted by Crippen LogP contribution is 2.41. The average molecular weight is 719 g/mol. The Balaban J connectivity index is 1.16. The Bertz CT molecular complexity index is 2080. The van der Waals surface area contributed by atoms with Crippen molar-refractivity contribution >= 4 is 51.2 Å². The zero-order chi connectivity index (χ0) is 35.4. The van der Waals surface area contributed by atoms with Gasteiger partial charge in [-0.15, -0.1) is 0 Å². The SMILES string of the molecule is CN1CC[C@@H]1/C=C/C(=O)N1CC(/C=[N+](/C)c2nc(OC[C@@]34CCCN3C[C@H](F)C4)nc3c(F)c(-c4cccc5cccc(Cl)c45)ncc23)[C@H](F)C1. The van der Waals surface area contributed by atoms with Gasteiger partial charge in [0.15, 0.2) is 5.82 Å². The lowest BCUT2D eigenvalue weighted by Gasteiger charge is -2.35. The molecule has 51 heavy (non-hydrogen) atoms. The number of carbonyl (C=O) groups excluding carboxylic acids is 1. The Morgan fingerprint density at radius 1 is 1.14 bits per heavy atom. The predicted molar refractivity (Wildman–Crippen MR) is 191 cm³/mol. The number of ether oxygens (including phenoxy) is 1. The molecule has 4 aliphatic heterocycles. The Morgan fingerprint density at radius 2 is 1.96 bits per heavy atom. The van der Waals surface area contributed by atoms with Crippen LogP contribution in [0.5, 0.6) is 6.01 Å². The van der Waals surface area contributed by atoms with E-state index in [1.165, 1.54) is 17.2 Å². The number of likely N-dealkylation sites (N-methyl/N-ethyl adjacent to an activating group) is 1. The first-order valence-electron chi connectivity index (χ1n) is 17.6. The molecule has 266 valence electrons. The number of halogens is 4. The Morgan fingerprint density at radius 3 is 2.75 bits per heavy atom. The Labute approximate surface area is 299 Å². The summed E-state index contributed by atoms with van der Waals surface area (Å²) in [4.78, 5) is 32.5. The molecule has 8 rings (SSSR count). The van der Waals surface area contributed by atoms with Crippen LogP contribution >= 0.6 is 11.6 Å². The zero-order valence-corrected chi connectivity index (χ0v) is 29.4. The van der Waals surface area contributed by atoms with E-state index in [0.29, 0.717) is 34.3 Å². The van der Waals surface area contributed by atoms with Gasteiger partial charge in [0.1, 0.15) is 35.5 Å². The number of hydrogen-bond donors (Lipinski definition) is 0. The third kappa shape index (κ3) is 6.25. The normalized spacial score (nSPS) is 27.2. The molecule has 5 atom stereocenters. The third-order valence-corrected chi connectivity index (χ3v) is 11.5. The second-order valence-electron chi connectivity index (χ2n) is 14.4. The molecule has 1 amide bonds. The number of likely N-dealkylation sites (tertiary alicyclic amines) is 2. The second kappa shape index (κ2) is 13.4. The molecule has 2 aromatic heterocycles. The van der Waals surface area contributed by atoms with Crippen LogP contribution in [-0.2, 0) is 4.79 Å². The number of carbonyl (C=O) groups is 1. The summed E-state index contributed by atoms with van der Waals surface area (Å²) in [5.41, 5.74) is 0.0805. The molecule has 0 N–H and O–H groups in total. The van der Waals surface area contributed by atoms with Crippen molar-refractivity contribution < 1.29 is 27.3 Å². The van der Waals surface area contributed by atoms with Crippen molar-refractivity contribution in [2.45, 2.75) is 49.6 Å². The van der Waals surface area contributed by atoms with Crippen molar-refractivity contribution in [3.8, 4) is 17.3 Å². The summed E-state index contributed by atoms with van der Waals surface area (Å²) in [5.74, 6) is -1.27. The van der Waals surface area contributed by atoms with Crippen LogP contribution < -0.4 is 4.74 Å². The minimum Gasteiger partial charge on any atom is -0.443 e. The summed E-state index contributed by atoms with van der Waals surface area (Å²) >= 11 is 6.60. The van der Waals surface area contributed by atoms with Gasteiger partial charge >= 0.3 is 11.8 Å². The fourth-order valence-electron chi connectivity index (χ4n) is 8.23. The van der Waals surface area contributed by atoms with Gasteiger partial charge in [0.25, 0.3) is 0 Å². The van der Waals surface area contributed by atoms with Crippen molar-refractivity contribution in [3.05, 3.63) is 65.6 Å². The molecule has 13 heteroatoms. The highest BCUT2D eigenvalue weighted by atomic mass is 35.5. The number of nitrogens with zero attached hydrogens (tertiary/aromatic N) is 7. The largest absolute Gasteiger partial charge is 0.443 e. The lowest BCUT2D eigenvalue weighted by Crippen LogP contribution is -2.43. The topological polar surface area (TPSA) is 77.7 Å². The quantitative estimate of drug-likeness (QED) is 0.126. The minimum absolute atomic E-state index is 0.0222. The molecule has 0 spiro atoms. The molecule has 0 aliphatic carbocycles. The predicted octanol–water partition coefficient (Wildman–Crippen LogP) is 5.99. The van der Waals surface area contributed by atoms with Crippen LogP contribution in [0.15, 0.2) is 54.7 Å². The summed E-state index contributed by atoms with van der Waals surface area (Å²) < 4.78 is 54.6. The monoisotopic (exact) mass is 718 g/mol. The number of fused-ring (bicyclic) bond motifs is 3. The molecule has 9 nitrogen and oxygen atoms in total. The van der Waals surface area contributed by atoms with Gasteiger partial charge in [-0.1, -0.05) is 48.0 Å². The number of hydrogen-bond acceptors (Lipinski definition) is 7. The first kappa shape index (κ1) is 34.0. The maximum absolute atomic E-state index is 16.8. The average Bonchev–Trinajstić information content (AvgIpc) is 3.77. The molecule has 0 radical (unpaired) electrons. The maximum Gasteiger partial charge on any atom is 0.434 e. The summed E-state index contributed by atoms with van der Waals surface area (Å²) in [6.07, 6.45) is 7.42. The Kier molecular flexibility index (Phi) is 8.96. The summed E-state index contributed by atoms with van der Waals surface area (Å²) in [7, 11) is 3.70. The lowest BCUT2D eigenvalue weighted by atomic mass is 9.95. The highest BCUT2D eigenvalue weighted by molar-refractivity contribution is 6.36. The van der Waals surface area contributed by atoms with E-state index in [0.717, 1.165) is 37.7 Å². The van der Waals surface area contributed by atoms with Crippen LogP contribution in [0.1, 0.15) is 25.7 Å². The van der Waals surface area contributed by atoms with E-state index >= 15 is 8.78 Å². The molecule has 2 aromatic carbocycles. The van der Waals surface area contributed by atoms with Gasteiger partial charge in [-0.25, -0.2) is 17.7 Å². The molecule has 4 aromatic rings. The molecule has 4 saturated heterocycles. The fraction of sp³-hybridized carbons (Fsp3) is 0.447. The van der Waals surface area contributed by atoms with Crippen molar-refractivity contribution in [1.82, 2.24) is 29.7 Å². The fourth-order valence-corrected chi connectivity index (χ4v) is 8.51. The van der Waals surface area contributed by atoms with Crippen molar-refractivity contribution in [2.24, 2.45) is 5.92 Å². The van der Waals surface area contributed by atoms with E-state index in [4.69, 9.17) is 21.3 Å². The Hall–Kier alpha value is -4.13. The molecule has 6 heterocycles. The molecular formula is C38H40ClF3N7O2+. The molecule has 0 bridgehead atoms. The number of benzene rings is 2. The minimum atomic E-state index is -1.30.